The third-order valence-electron chi connectivity index (χ3n) is 5.16. The Labute approximate surface area is 108 Å². The Morgan fingerprint density at radius 1 is 0.941 bits per heavy atom. The molecule has 2 rings (SSSR count). The number of rotatable bonds is 4. The van der Waals surface area contributed by atoms with Crippen LogP contribution in [0.4, 0.5) is 0 Å². The van der Waals surface area contributed by atoms with E-state index in [2.05, 4.69) is 26.1 Å². The van der Waals surface area contributed by atoms with Crippen molar-refractivity contribution in [2.24, 2.45) is 17.3 Å². The fraction of sp³-hybridized carbons (Fsp3) is 1.00. The van der Waals surface area contributed by atoms with Crippen LogP contribution in [-0.4, -0.2) is 12.6 Å². The molecule has 0 aliphatic heterocycles. The Hall–Kier alpha value is -0.0400. The molecule has 0 aromatic carbocycles. The van der Waals surface area contributed by atoms with Crippen molar-refractivity contribution in [3.05, 3.63) is 0 Å². The average Bonchev–Trinajstić information content (AvgIpc) is 2.21. The third kappa shape index (κ3) is 3.98. The van der Waals surface area contributed by atoms with Gasteiger partial charge in [0, 0.05) is 6.04 Å². The molecule has 2 aliphatic rings. The molecule has 0 atom stereocenters. The van der Waals surface area contributed by atoms with Crippen LogP contribution < -0.4 is 5.32 Å². The minimum absolute atomic E-state index is 0.525. The maximum absolute atomic E-state index is 3.79. The lowest BCUT2D eigenvalue weighted by Crippen LogP contribution is -2.37. The normalized spacial score (nSPS) is 31.2. The molecule has 0 amide bonds. The minimum Gasteiger partial charge on any atom is -0.314 e. The van der Waals surface area contributed by atoms with Crippen LogP contribution in [0.3, 0.4) is 0 Å². The van der Waals surface area contributed by atoms with Gasteiger partial charge in [-0.15, -0.1) is 0 Å². The van der Waals surface area contributed by atoms with E-state index in [1.54, 1.807) is 0 Å². The zero-order chi connectivity index (χ0) is 12.3. The topological polar surface area (TPSA) is 12.0 Å². The predicted molar refractivity (Wildman–Crippen MR) is 75.2 cm³/mol. The summed E-state index contributed by atoms with van der Waals surface area (Å²) < 4.78 is 0. The van der Waals surface area contributed by atoms with E-state index >= 15 is 0 Å². The average molecular weight is 237 g/mol. The molecule has 0 heterocycles. The molecule has 100 valence electrons. The SMILES string of the molecule is CC(C)(C)C1CCC(NCCC2CCC2)CC1. The van der Waals surface area contributed by atoms with Crippen molar-refractivity contribution in [2.45, 2.75) is 78.2 Å². The van der Waals surface area contributed by atoms with Crippen LogP contribution in [-0.2, 0) is 0 Å². The maximum Gasteiger partial charge on any atom is 0.00672 e. The maximum atomic E-state index is 3.79. The Morgan fingerprint density at radius 3 is 2.06 bits per heavy atom. The highest BCUT2D eigenvalue weighted by atomic mass is 14.9. The van der Waals surface area contributed by atoms with Gasteiger partial charge in [-0.2, -0.15) is 0 Å². The van der Waals surface area contributed by atoms with Gasteiger partial charge in [0.25, 0.3) is 0 Å². The van der Waals surface area contributed by atoms with Crippen LogP contribution in [0.25, 0.3) is 0 Å². The van der Waals surface area contributed by atoms with Gasteiger partial charge in [0.15, 0.2) is 0 Å². The molecule has 17 heavy (non-hydrogen) atoms. The van der Waals surface area contributed by atoms with Crippen LogP contribution >= 0.6 is 0 Å². The van der Waals surface area contributed by atoms with Gasteiger partial charge in [-0.25, -0.2) is 0 Å². The molecule has 0 bridgehead atoms. The fourth-order valence-corrected chi connectivity index (χ4v) is 3.44. The van der Waals surface area contributed by atoms with Crippen LogP contribution in [0.15, 0.2) is 0 Å². The van der Waals surface area contributed by atoms with Gasteiger partial charge >= 0.3 is 0 Å². The molecule has 2 fully saturated rings. The number of hydrogen-bond acceptors (Lipinski definition) is 1. The first-order chi connectivity index (χ1) is 8.05. The Kier molecular flexibility index (Phi) is 4.52. The molecule has 1 nitrogen and oxygen atoms in total. The Bertz CT molecular complexity index is 216. The van der Waals surface area contributed by atoms with Crippen molar-refractivity contribution in [3.8, 4) is 0 Å². The molecule has 0 aromatic heterocycles. The summed E-state index contributed by atoms with van der Waals surface area (Å²) >= 11 is 0. The van der Waals surface area contributed by atoms with E-state index in [0.717, 1.165) is 17.9 Å². The summed E-state index contributed by atoms with van der Waals surface area (Å²) in [4.78, 5) is 0. The molecule has 0 saturated heterocycles. The Morgan fingerprint density at radius 2 is 1.59 bits per heavy atom. The van der Waals surface area contributed by atoms with Gasteiger partial charge in [0.2, 0.25) is 0 Å². The first-order valence-corrected chi connectivity index (χ1v) is 7.79. The highest BCUT2D eigenvalue weighted by Gasteiger charge is 2.29. The van der Waals surface area contributed by atoms with E-state index in [1.807, 2.05) is 0 Å². The molecule has 2 saturated carbocycles. The highest BCUT2D eigenvalue weighted by molar-refractivity contribution is 4.83. The lowest BCUT2D eigenvalue weighted by molar-refractivity contribution is 0.158. The Balaban J connectivity index is 1.58. The lowest BCUT2D eigenvalue weighted by Gasteiger charge is -2.37. The predicted octanol–water partition coefficient (Wildman–Crippen LogP) is 4.37. The van der Waals surface area contributed by atoms with Gasteiger partial charge in [0.1, 0.15) is 0 Å². The molecule has 0 radical (unpaired) electrons. The first-order valence-electron chi connectivity index (χ1n) is 7.79. The summed E-state index contributed by atoms with van der Waals surface area (Å²) in [5.74, 6) is 2.01. The summed E-state index contributed by atoms with van der Waals surface area (Å²) in [5, 5.41) is 3.79. The summed E-state index contributed by atoms with van der Waals surface area (Å²) in [5.41, 5.74) is 0.525. The van der Waals surface area contributed by atoms with Crippen molar-refractivity contribution in [1.29, 1.82) is 0 Å². The number of nitrogens with one attached hydrogen (secondary N) is 1. The van der Waals surface area contributed by atoms with Crippen LogP contribution in [0.1, 0.15) is 72.1 Å². The third-order valence-corrected chi connectivity index (χ3v) is 5.16. The largest absolute Gasteiger partial charge is 0.314 e. The highest BCUT2D eigenvalue weighted by Crippen LogP contribution is 2.37. The van der Waals surface area contributed by atoms with Crippen LogP contribution in [0.5, 0.6) is 0 Å². The van der Waals surface area contributed by atoms with Crippen molar-refractivity contribution in [2.75, 3.05) is 6.54 Å². The van der Waals surface area contributed by atoms with Crippen LogP contribution in [0, 0.1) is 17.3 Å². The smallest absolute Gasteiger partial charge is 0.00672 e. The lowest BCUT2D eigenvalue weighted by atomic mass is 9.71. The quantitative estimate of drug-likeness (QED) is 0.765. The second-order valence-electron chi connectivity index (χ2n) is 7.45. The van der Waals surface area contributed by atoms with Crippen molar-refractivity contribution in [3.63, 3.8) is 0 Å². The molecule has 1 N–H and O–H groups in total. The molecule has 0 unspecified atom stereocenters. The fourth-order valence-electron chi connectivity index (χ4n) is 3.44. The van der Waals surface area contributed by atoms with E-state index < -0.39 is 0 Å². The molecule has 0 spiro atoms. The van der Waals surface area contributed by atoms with Gasteiger partial charge in [-0.05, 0) is 55.9 Å². The molecular weight excluding hydrogens is 206 g/mol. The van der Waals surface area contributed by atoms with Crippen molar-refractivity contribution >= 4 is 0 Å². The van der Waals surface area contributed by atoms with Gasteiger partial charge in [-0.3, -0.25) is 0 Å². The molecule has 2 aliphatic carbocycles. The van der Waals surface area contributed by atoms with Gasteiger partial charge in [0.05, 0.1) is 0 Å². The second kappa shape index (κ2) is 5.73. The monoisotopic (exact) mass is 237 g/mol. The zero-order valence-electron chi connectivity index (χ0n) is 12.1. The molecular formula is C16H31N. The van der Waals surface area contributed by atoms with Crippen LogP contribution in [0.2, 0.25) is 0 Å². The van der Waals surface area contributed by atoms with Crippen molar-refractivity contribution in [1.82, 2.24) is 5.32 Å². The summed E-state index contributed by atoms with van der Waals surface area (Å²) in [6.45, 7) is 8.49. The van der Waals surface area contributed by atoms with Gasteiger partial charge in [-0.1, -0.05) is 40.0 Å². The zero-order valence-corrected chi connectivity index (χ0v) is 12.1. The van der Waals surface area contributed by atoms with E-state index in [-0.39, 0.29) is 0 Å². The standard InChI is InChI=1S/C16H31N/c1-16(2,3)14-7-9-15(10-8-14)17-12-11-13-5-4-6-13/h13-15,17H,4-12H2,1-3H3. The van der Waals surface area contributed by atoms with E-state index in [0.29, 0.717) is 5.41 Å². The first kappa shape index (κ1) is 13.4. The molecule has 0 aromatic rings. The number of hydrogen-bond donors (Lipinski definition) is 1. The second-order valence-corrected chi connectivity index (χ2v) is 7.45. The van der Waals surface area contributed by atoms with Crippen molar-refractivity contribution < 1.29 is 0 Å². The summed E-state index contributed by atoms with van der Waals surface area (Å²) in [6, 6.07) is 0.827. The summed E-state index contributed by atoms with van der Waals surface area (Å²) in [7, 11) is 0. The van der Waals surface area contributed by atoms with Gasteiger partial charge < -0.3 is 5.32 Å². The molecule has 1 heteroatoms. The van der Waals surface area contributed by atoms with E-state index in [4.69, 9.17) is 0 Å². The summed E-state index contributed by atoms with van der Waals surface area (Å²) in [6.07, 6.45) is 11.6. The van der Waals surface area contributed by atoms with E-state index in [9.17, 15) is 0 Å². The van der Waals surface area contributed by atoms with E-state index in [1.165, 1.54) is 57.9 Å². The minimum atomic E-state index is 0.525.